The maximum absolute atomic E-state index is 12.6. The van der Waals surface area contributed by atoms with Crippen molar-refractivity contribution in [2.45, 2.75) is 66.2 Å². The maximum atomic E-state index is 12.6. The molecule has 5 nitrogen and oxygen atoms in total. The summed E-state index contributed by atoms with van der Waals surface area (Å²) in [6.45, 7) is 12.2. The Morgan fingerprint density at radius 2 is 1.80 bits per heavy atom. The highest BCUT2D eigenvalue weighted by atomic mass is 16.4. The summed E-state index contributed by atoms with van der Waals surface area (Å²) in [4.78, 5) is 25.0. The average Bonchev–Trinajstić information content (AvgIpc) is 2.65. The lowest BCUT2D eigenvalue weighted by molar-refractivity contribution is -0.173. The lowest BCUT2D eigenvalue weighted by Crippen LogP contribution is -2.61. The SMILES string of the molecule is C=C(O)C1C(C(=O)O)C2CC3[C@](C)(CCC[C@@]3(C)C(=O)O)C3CCC1(C(C)C)C=C23. The van der Waals surface area contributed by atoms with Crippen LogP contribution in [0.15, 0.2) is 24.0 Å². The van der Waals surface area contributed by atoms with Gasteiger partial charge in [0.2, 0.25) is 0 Å². The molecule has 0 aromatic heterocycles. The largest absolute Gasteiger partial charge is 0.513 e. The number of carboxylic acids is 2. The first-order chi connectivity index (χ1) is 13.9. The quantitative estimate of drug-likeness (QED) is 0.428. The van der Waals surface area contributed by atoms with Gasteiger partial charge in [-0.15, -0.1) is 0 Å². The molecule has 0 spiro atoms. The van der Waals surface area contributed by atoms with E-state index in [0.717, 1.165) is 25.7 Å². The number of carbonyl (C=O) groups is 2. The van der Waals surface area contributed by atoms with Crippen LogP contribution < -0.4 is 0 Å². The second-order valence-corrected chi connectivity index (χ2v) is 11.3. The minimum absolute atomic E-state index is 0.0391. The van der Waals surface area contributed by atoms with Crippen LogP contribution in [0.3, 0.4) is 0 Å². The predicted octanol–water partition coefficient (Wildman–Crippen LogP) is 5.28. The minimum Gasteiger partial charge on any atom is -0.513 e. The summed E-state index contributed by atoms with van der Waals surface area (Å²) >= 11 is 0. The molecule has 0 heterocycles. The molecule has 5 heteroatoms. The van der Waals surface area contributed by atoms with E-state index in [9.17, 15) is 24.9 Å². The van der Waals surface area contributed by atoms with Crippen LogP contribution in [-0.4, -0.2) is 27.3 Å². The fourth-order valence-electron chi connectivity index (χ4n) is 8.44. The predicted molar refractivity (Wildman–Crippen MR) is 114 cm³/mol. The second kappa shape index (κ2) is 6.61. The first kappa shape index (κ1) is 21.5. The van der Waals surface area contributed by atoms with Gasteiger partial charge in [-0.1, -0.05) is 45.4 Å². The van der Waals surface area contributed by atoms with Gasteiger partial charge in [0.15, 0.2) is 0 Å². The van der Waals surface area contributed by atoms with E-state index in [1.807, 2.05) is 6.92 Å². The number of allylic oxidation sites excluding steroid dienone is 3. The monoisotopic (exact) mass is 416 g/mol. The molecular formula is C25H36O5. The van der Waals surface area contributed by atoms with Crippen molar-refractivity contribution in [1.82, 2.24) is 0 Å². The number of aliphatic hydroxyl groups is 1. The van der Waals surface area contributed by atoms with Crippen LogP contribution in [0.2, 0.25) is 0 Å². The van der Waals surface area contributed by atoms with E-state index in [2.05, 4.69) is 33.4 Å². The highest BCUT2D eigenvalue weighted by Crippen LogP contribution is 2.70. The summed E-state index contributed by atoms with van der Waals surface area (Å²) in [5, 5.41) is 31.1. The Morgan fingerprint density at radius 3 is 2.33 bits per heavy atom. The summed E-state index contributed by atoms with van der Waals surface area (Å²) in [5.41, 5.74) is -0.126. The third-order valence-corrected chi connectivity index (χ3v) is 9.97. The number of rotatable bonds is 4. The molecule has 0 aliphatic heterocycles. The number of aliphatic carboxylic acids is 2. The highest BCUT2D eigenvalue weighted by Gasteiger charge is 2.66. The summed E-state index contributed by atoms with van der Waals surface area (Å²) < 4.78 is 0. The van der Waals surface area contributed by atoms with Crippen LogP contribution in [0.4, 0.5) is 0 Å². The zero-order valence-electron chi connectivity index (χ0n) is 18.6. The van der Waals surface area contributed by atoms with Gasteiger partial charge < -0.3 is 15.3 Å². The average molecular weight is 417 g/mol. The van der Waals surface area contributed by atoms with Crippen molar-refractivity contribution in [3.8, 4) is 0 Å². The molecule has 30 heavy (non-hydrogen) atoms. The van der Waals surface area contributed by atoms with E-state index in [-0.39, 0.29) is 34.8 Å². The Morgan fingerprint density at radius 1 is 1.13 bits per heavy atom. The van der Waals surface area contributed by atoms with E-state index in [0.29, 0.717) is 12.8 Å². The van der Waals surface area contributed by atoms with Gasteiger partial charge in [-0.3, -0.25) is 9.59 Å². The zero-order valence-corrected chi connectivity index (χ0v) is 18.6. The topological polar surface area (TPSA) is 94.8 Å². The van der Waals surface area contributed by atoms with Gasteiger partial charge in [-0.2, -0.15) is 0 Å². The van der Waals surface area contributed by atoms with E-state index < -0.39 is 34.6 Å². The number of carboxylic acid groups (broad SMARTS) is 2. The molecule has 0 aromatic carbocycles. The van der Waals surface area contributed by atoms with Crippen LogP contribution in [0.25, 0.3) is 0 Å². The molecule has 0 amide bonds. The van der Waals surface area contributed by atoms with Gasteiger partial charge in [-0.05, 0) is 68.1 Å². The molecule has 2 saturated carbocycles. The van der Waals surface area contributed by atoms with Crippen molar-refractivity contribution in [3.63, 3.8) is 0 Å². The number of hydrogen-bond acceptors (Lipinski definition) is 3. The smallest absolute Gasteiger partial charge is 0.309 e. The molecule has 6 unspecified atom stereocenters. The summed E-state index contributed by atoms with van der Waals surface area (Å²) in [6.07, 6.45) is 7.17. The summed E-state index contributed by atoms with van der Waals surface area (Å²) in [6, 6.07) is 0. The lowest BCUT2D eigenvalue weighted by Gasteiger charge is -2.65. The van der Waals surface area contributed by atoms with Crippen molar-refractivity contribution in [2.24, 2.45) is 51.8 Å². The highest BCUT2D eigenvalue weighted by molar-refractivity contribution is 5.76. The minimum atomic E-state index is -0.895. The molecule has 8 atom stereocenters. The zero-order chi connectivity index (χ0) is 22.2. The van der Waals surface area contributed by atoms with Gasteiger partial charge in [-0.25, -0.2) is 0 Å². The summed E-state index contributed by atoms with van der Waals surface area (Å²) in [5.74, 6) is -2.87. The molecule has 0 aromatic rings. The van der Waals surface area contributed by atoms with Crippen LogP contribution in [0.1, 0.15) is 66.2 Å². The molecule has 4 aliphatic rings. The van der Waals surface area contributed by atoms with Gasteiger partial charge in [0, 0.05) is 11.3 Å². The Bertz CT molecular complexity index is 827. The van der Waals surface area contributed by atoms with E-state index in [1.165, 1.54) is 5.57 Å². The van der Waals surface area contributed by atoms with Crippen molar-refractivity contribution in [2.75, 3.05) is 0 Å². The lowest BCUT2D eigenvalue weighted by atomic mass is 9.38. The molecule has 0 saturated heterocycles. The number of fused-ring (bicyclic) bond motifs is 3. The van der Waals surface area contributed by atoms with Gasteiger partial charge >= 0.3 is 11.9 Å². The third-order valence-electron chi connectivity index (χ3n) is 9.97. The molecule has 2 fully saturated rings. The fraction of sp³-hybridized carbons (Fsp3) is 0.760. The van der Waals surface area contributed by atoms with Crippen molar-refractivity contribution < 1.29 is 24.9 Å². The first-order valence-corrected chi connectivity index (χ1v) is 11.5. The Kier molecular flexibility index (Phi) is 4.72. The van der Waals surface area contributed by atoms with Gasteiger partial charge in [0.25, 0.3) is 0 Å². The van der Waals surface area contributed by atoms with Gasteiger partial charge in [0.1, 0.15) is 0 Å². The third kappa shape index (κ3) is 2.53. The molecule has 3 N–H and O–H groups in total. The van der Waals surface area contributed by atoms with Crippen molar-refractivity contribution in [3.05, 3.63) is 24.0 Å². The Labute approximate surface area is 179 Å². The maximum Gasteiger partial charge on any atom is 0.309 e. The Hall–Kier alpha value is -1.78. The van der Waals surface area contributed by atoms with E-state index in [4.69, 9.17) is 0 Å². The van der Waals surface area contributed by atoms with Gasteiger partial charge in [0.05, 0.1) is 17.1 Å². The first-order valence-electron chi connectivity index (χ1n) is 11.5. The normalized spacial score (nSPS) is 47.2. The van der Waals surface area contributed by atoms with Crippen LogP contribution in [-0.2, 0) is 9.59 Å². The van der Waals surface area contributed by atoms with Crippen LogP contribution in [0.5, 0.6) is 0 Å². The fourth-order valence-corrected chi connectivity index (χ4v) is 8.44. The van der Waals surface area contributed by atoms with Crippen molar-refractivity contribution in [1.29, 1.82) is 0 Å². The molecule has 0 radical (unpaired) electrons. The number of hydrogen-bond donors (Lipinski definition) is 3. The number of aliphatic hydroxyl groups excluding tert-OH is 1. The molecule has 166 valence electrons. The van der Waals surface area contributed by atoms with Crippen LogP contribution >= 0.6 is 0 Å². The Balaban J connectivity index is 1.93. The van der Waals surface area contributed by atoms with Crippen LogP contribution in [0, 0.1) is 51.8 Å². The van der Waals surface area contributed by atoms with Crippen molar-refractivity contribution >= 4 is 11.9 Å². The molecule has 2 bridgehead atoms. The molecule has 4 rings (SSSR count). The molecular weight excluding hydrogens is 380 g/mol. The van der Waals surface area contributed by atoms with E-state index >= 15 is 0 Å². The standard InChI is InChI=1S/C25H36O5/c1-13(2)25-10-7-17-16(12-25)15(19(21(27)28)20(25)14(3)26)11-18-23(17,4)8-6-9-24(18,5)22(29)30/h12-13,15,17-20,26H,3,6-11H2,1-2,4-5H3,(H,27,28)(H,29,30)/t15?,17?,18?,19?,20?,23-,24-,25?/m1/s1. The second-order valence-electron chi connectivity index (χ2n) is 11.3. The summed E-state index contributed by atoms with van der Waals surface area (Å²) in [7, 11) is 0. The van der Waals surface area contributed by atoms with E-state index in [1.54, 1.807) is 0 Å². The molecule has 4 aliphatic carbocycles.